The Morgan fingerprint density at radius 2 is 1.90 bits per heavy atom. The van der Waals surface area contributed by atoms with Crippen molar-refractivity contribution >= 4 is 51.3 Å². The Morgan fingerprint density at radius 1 is 1.18 bits per heavy atom. The van der Waals surface area contributed by atoms with E-state index in [1.54, 1.807) is 18.2 Å². The van der Waals surface area contributed by atoms with Crippen molar-refractivity contribution in [3.8, 4) is 0 Å². The smallest absolute Gasteiger partial charge is 0.328 e. The summed E-state index contributed by atoms with van der Waals surface area (Å²) >= 11 is 0. The van der Waals surface area contributed by atoms with Crippen molar-refractivity contribution in [2.75, 3.05) is 25.4 Å². The Kier molecular flexibility index (Phi) is 13.2. The molecule has 3 unspecified atom stereocenters. The average Bonchev–Trinajstić information content (AvgIpc) is 2.87. The van der Waals surface area contributed by atoms with Gasteiger partial charge in [-0.25, -0.2) is 9.18 Å². The highest BCUT2D eigenvalue weighted by atomic mass is 33.1. The second-order valence-corrected chi connectivity index (χ2v) is 11.3. The fourth-order valence-electron chi connectivity index (χ4n) is 3.67. The maximum atomic E-state index is 14.1. The molecule has 0 aliphatic carbocycles. The zero-order valence-corrected chi connectivity index (χ0v) is 22.5. The van der Waals surface area contributed by atoms with E-state index in [1.165, 1.54) is 27.7 Å². The molecule has 12 nitrogen and oxygen atoms in total. The van der Waals surface area contributed by atoms with Crippen LogP contribution in [0.2, 0.25) is 0 Å². The van der Waals surface area contributed by atoms with Gasteiger partial charge in [-0.1, -0.05) is 39.8 Å². The lowest BCUT2D eigenvalue weighted by atomic mass is 10.0. The number of aliphatic carboxylic acids is 3. The van der Waals surface area contributed by atoms with Crippen LogP contribution in [0.3, 0.4) is 0 Å². The first-order valence-electron chi connectivity index (χ1n) is 11.9. The molecule has 0 bridgehead atoms. The molecule has 1 aromatic carbocycles. The molecule has 3 atom stereocenters. The predicted molar refractivity (Wildman–Crippen MR) is 143 cm³/mol. The van der Waals surface area contributed by atoms with Gasteiger partial charge in [0.25, 0.3) is 0 Å². The third-order valence-electron chi connectivity index (χ3n) is 5.67. The van der Waals surface area contributed by atoms with Gasteiger partial charge in [0.05, 0.1) is 0 Å². The number of rotatable bonds is 15. The van der Waals surface area contributed by atoms with E-state index in [9.17, 15) is 33.5 Å². The number of hydrogen-bond acceptors (Lipinski definition) is 9. The summed E-state index contributed by atoms with van der Waals surface area (Å²) in [4.78, 5) is 59.9. The summed E-state index contributed by atoms with van der Waals surface area (Å²) in [5, 5.41) is 31.5. The number of nitrogens with one attached hydrogen (secondary N) is 2. The van der Waals surface area contributed by atoms with Crippen LogP contribution >= 0.6 is 21.6 Å². The number of piperidine rings is 1. The Hall–Kier alpha value is -3.14. The van der Waals surface area contributed by atoms with Crippen LogP contribution in [-0.2, 0) is 30.5 Å². The van der Waals surface area contributed by atoms with Crippen molar-refractivity contribution < 1.29 is 43.7 Å². The number of halogens is 1. The van der Waals surface area contributed by atoms with Crippen molar-refractivity contribution in [3.05, 3.63) is 47.3 Å². The third-order valence-corrected chi connectivity index (χ3v) is 8.56. The van der Waals surface area contributed by atoms with Gasteiger partial charge in [0.15, 0.2) is 0 Å². The number of carbonyl (C=O) groups excluding carboxylic acids is 2. The van der Waals surface area contributed by atoms with Gasteiger partial charge in [-0.3, -0.25) is 24.1 Å². The van der Waals surface area contributed by atoms with Crippen molar-refractivity contribution in [3.63, 3.8) is 0 Å². The number of nitrogens with two attached hydrogens (primary N) is 1. The molecule has 0 radical (unpaired) electrons. The number of nitrogens with zero attached hydrogens (tertiary/aromatic N) is 1. The normalized spacial score (nSPS) is 18.2. The predicted octanol–water partition coefficient (Wildman–Crippen LogP) is 0.670. The molecular weight excluding hydrogens is 555 g/mol. The Labute approximate surface area is 232 Å². The molecule has 39 heavy (non-hydrogen) atoms. The van der Waals surface area contributed by atoms with Crippen molar-refractivity contribution in [2.45, 2.75) is 43.1 Å². The summed E-state index contributed by atoms with van der Waals surface area (Å²) < 4.78 is 14.1. The van der Waals surface area contributed by atoms with Crippen LogP contribution in [0.4, 0.5) is 4.39 Å². The van der Waals surface area contributed by atoms with Gasteiger partial charge >= 0.3 is 17.9 Å². The zero-order chi connectivity index (χ0) is 28.9. The van der Waals surface area contributed by atoms with E-state index in [2.05, 4.69) is 10.6 Å². The highest BCUT2D eigenvalue weighted by Gasteiger charge is 2.28. The Bertz CT molecular complexity index is 1090. The molecule has 2 rings (SSSR count). The van der Waals surface area contributed by atoms with E-state index < -0.39 is 48.4 Å². The van der Waals surface area contributed by atoms with Gasteiger partial charge < -0.3 is 31.7 Å². The second-order valence-electron chi connectivity index (χ2n) is 8.73. The largest absolute Gasteiger partial charge is 0.480 e. The monoisotopic (exact) mass is 586 g/mol. The second kappa shape index (κ2) is 16.1. The first-order valence-corrected chi connectivity index (χ1v) is 14.3. The summed E-state index contributed by atoms with van der Waals surface area (Å²) in [5.41, 5.74) is 6.52. The molecule has 214 valence electrons. The summed E-state index contributed by atoms with van der Waals surface area (Å²) in [7, 11) is 2.52. The molecule has 2 amide bonds. The van der Waals surface area contributed by atoms with Crippen LogP contribution in [-0.4, -0.2) is 92.7 Å². The molecule has 0 saturated carbocycles. The average molecular weight is 587 g/mol. The number of amides is 2. The highest BCUT2D eigenvalue weighted by Crippen LogP contribution is 2.37. The number of carboxylic acids is 3. The molecule has 1 fully saturated rings. The van der Waals surface area contributed by atoms with Crippen molar-refractivity contribution in [2.24, 2.45) is 5.73 Å². The quantitative estimate of drug-likeness (QED) is 0.124. The van der Waals surface area contributed by atoms with Crippen LogP contribution in [0, 0.1) is 5.82 Å². The SMILES string of the molecule is NC(CCC(=O)NC(CSSC1CCN(Cc2ccccc2F)C/C1=C/C(=O)O)C(=O)NCC(=O)O)C(=O)O. The number of benzene rings is 1. The minimum Gasteiger partial charge on any atom is -0.480 e. The molecule has 7 N–H and O–H groups in total. The summed E-state index contributed by atoms with van der Waals surface area (Å²) in [6, 6.07) is 3.99. The molecule has 0 spiro atoms. The molecule has 1 aliphatic heterocycles. The van der Waals surface area contributed by atoms with Gasteiger partial charge in [0.2, 0.25) is 11.8 Å². The van der Waals surface area contributed by atoms with Crippen LogP contribution in [0.5, 0.6) is 0 Å². The highest BCUT2D eigenvalue weighted by molar-refractivity contribution is 8.77. The van der Waals surface area contributed by atoms with E-state index >= 15 is 0 Å². The third kappa shape index (κ3) is 11.6. The molecule has 1 saturated heterocycles. The van der Waals surface area contributed by atoms with Crippen LogP contribution in [0.1, 0.15) is 24.8 Å². The van der Waals surface area contributed by atoms with Crippen LogP contribution in [0.25, 0.3) is 0 Å². The molecule has 1 aliphatic rings. The van der Waals surface area contributed by atoms with Crippen molar-refractivity contribution in [1.29, 1.82) is 0 Å². The molecule has 1 heterocycles. The minimum absolute atomic E-state index is 0.0304. The van der Waals surface area contributed by atoms with E-state index in [1.807, 2.05) is 4.90 Å². The van der Waals surface area contributed by atoms with Gasteiger partial charge in [-0.05, 0) is 24.5 Å². The fourth-order valence-corrected chi connectivity index (χ4v) is 6.55. The first-order chi connectivity index (χ1) is 18.5. The van der Waals surface area contributed by atoms with E-state index in [4.69, 9.17) is 15.9 Å². The molecular formula is C24H31FN4O8S2. The minimum atomic E-state index is -1.27. The van der Waals surface area contributed by atoms with Gasteiger partial charge in [0.1, 0.15) is 24.4 Å². The maximum absolute atomic E-state index is 14.1. The van der Waals surface area contributed by atoms with Gasteiger partial charge in [0, 0.05) is 48.7 Å². The van der Waals surface area contributed by atoms with E-state index in [0.29, 0.717) is 37.2 Å². The first kappa shape index (κ1) is 32.1. The lowest BCUT2D eigenvalue weighted by Crippen LogP contribution is -2.49. The van der Waals surface area contributed by atoms with E-state index in [-0.39, 0.29) is 29.7 Å². The molecule has 15 heteroatoms. The lowest BCUT2D eigenvalue weighted by Gasteiger charge is -2.34. The zero-order valence-electron chi connectivity index (χ0n) is 20.9. The number of hydrogen-bond donors (Lipinski definition) is 6. The van der Waals surface area contributed by atoms with Gasteiger partial charge in [-0.15, -0.1) is 0 Å². The summed E-state index contributed by atoms with van der Waals surface area (Å²) in [5.74, 6) is -5.33. The molecule has 1 aromatic rings. The van der Waals surface area contributed by atoms with Crippen molar-refractivity contribution in [1.82, 2.24) is 15.5 Å². The fraction of sp³-hybridized carbons (Fsp3) is 0.458. The maximum Gasteiger partial charge on any atom is 0.328 e. The topological polar surface area (TPSA) is 199 Å². The Balaban J connectivity index is 1.99. The van der Waals surface area contributed by atoms with Crippen LogP contribution in [0.15, 0.2) is 35.9 Å². The standard InChI is InChI=1S/C24H31FN4O8S2/c25-16-4-2-1-3-14(16)11-29-8-7-19(15(12-29)9-21(31)32)39-38-13-18(23(35)27-10-22(33)34)28-20(30)6-5-17(26)24(36)37/h1-4,9,17-19H,5-8,10-13,26H2,(H,27,35)(H,28,30)(H,31,32)(H,33,34)(H,36,37)/b15-9-. The number of carboxylic acid groups (broad SMARTS) is 3. The number of carbonyl (C=O) groups is 5. The lowest BCUT2D eigenvalue weighted by molar-refractivity contribution is -0.139. The summed E-state index contributed by atoms with van der Waals surface area (Å²) in [6.45, 7) is 0.547. The number of likely N-dealkylation sites (tertiary alicyclic amines) is 1. The molecule has 0 aromatic heterocycles. The Morgan fingerprint density at radius 3 is 2.54 bits per heavy atom. The van der Waals surface area contributed by atoms with Gasteiger partial charge in [-0.2, -0.15) is 0 Å². The van der Waals surface area contributed by atoms with E-state index in [0.717, 1.165) is 6.08 Å². The van der Waals surface area contributed by atoms with Crippen LogP contribution < -0.4 is 16.4 Å². The summed E-state index contributed by atoms with van der Waals surface area (Å²) in [6.07, 6.45) is 1.28.